The SMILES string of the molecule is COc1cc(/C=N\N2C(=O)N[C@@](C)(CCc3ccccc3)C2=O)ccc1OC(F)F. The Kier molecular flexibility index (Phi) is 6.29. The molecule has 1 saturated heterocycles. The molecule has 0 saturated carbocycles. The van der Waals surface area contributed by atoms with Gasteiger partial charge in [-0.25, -0.2) is 4.79 Å². The Morgan fingerprint density at radius 3 is 2.57 bits per heavy atom. The van der Waals surface area contributed by atoms with Crippen LogP contribution in [0.25, 0.3) is 0 Å². The van der Waals surface area contributed by atoms with E-state index in [1.807, 2.05) is 30.3 Å². The topological polar surface area (TPSA) is 80.2 Å². The predicted molar refractivity (Wildman–Crippen MR) is 106 cm³/mol. The molecule has 1 atom stereocenters. The second-order valence-electron chi connectivity index (χ2n) is 6.90. The number of hydrogen-bond donors (Lipinski definition) is 1. The number of benzene rings is 2. The van der Waals surface area contributed by atoms with Crippen molar-refractivity contribution < 1.29 is 27.8 Å². The Labute approximate surface area is 172 Å². The summed E-state index contributed by atoms with van der Waals surface area (Å²) in [7, 11) is 1.31. The van der Waals surface area contributed by atoms with Crippen LogP contribution in [0.4, 0.5) is 13.6 Å². The molecule has 0 unspecified atom stereocenters. The molecule has 0 aromatic heterocycles. The Balaban J connectivity index is 1.71. The number of hydrazone groups is 1. The number of methoxy groups -OCH3 is 1. The maximum atomic E-state index is 12.8. The van der Waals surface area contributed by atoms with Crippen LogP contribution in [0.2, 0.25) is 0 Å². The second-order valence-corrected chi connectivity index (χ2v) is 6.90. The number of hydrogen-bond acceptors (Lipinski definition) is 5. The highest BCUT2D eigenvalue weighted by Gasteiger charge is 2.47. The molecule has 3 amide bonds. The van der Waals surface area contributed by atoms with Gasteiger partial charge in [0.2, 0.25) is 0 Å². The van der Waals surface area contributed by atoms with E-state index in [0.29, 0.717) is 18.4 Å². The average molecular weight is 417 g/mol. The van der Waals surface area contributed by atoms with Crippen LogP contribution in [0.1, 0.15) is 24.5 Å². The van der Waals surface area contributed by atoms with E-state index >= 15 is 0 Å². The normalized spacial score (nSPS) is 18.9. The molecule has 2 aromatic rings. The molecule has 158 valence electrons. The lowest BCUT2D eigenvalue weighted by Gasteiger charge is -2.20. The second kappa shape index (κ2) is 8.89. The van der Waals surface area contributed by atoms with Gasteiger partial charge in [-0.15, -0.1) is 5.01 Å². The summed E-state index contributed by atoms with van der Waals surface area (Å²) in [6.45, 7) is -1.33. The summed E-state index contributed by atoms with van der Waals surface area (Å²) in [5.41, 5.74) is 0.421. The molecule has 1 N–H and O–H groups in total. The number of amides is 3. The summed E-state index contributed by atoms with van der Waals surface area (Å²) < 4.78 is 34.2. The van der Waals surface area contributed by atoms with Gasteiger partial charge < -0.3 is 14.8 Å². The van der Waals surface area contributed by atoms with E-state index in [2.05, 4.69) is 15.2 Å². The summed E-state index contributed by atoms with van der Waals surface area (Å²) in [4.78, 5) is 25.1. The van der Waals surface area contributed by atoms with Gasteiger partial charge in [-0.2, -0.15) is 13.9 Å². The molecule has 1 fully saturated rings. The van der Waals surface area contributed by atoms with Gasteiger partial charge >= 0.3 is 12.6 Å². The summed E-state index contributed by atoms with van der Waals surface area (Å²) >= 11 is 0. The van der Waals surface area contributed by atoms with Crippen molar-refractivity contribution >= 4 is 18.2 Å². The smallest absolute Gasteiger partial charge is 0.387 e. The number of alkyl halides is 2. The molecule has 0 spiro atoms. The number of carbonyl (C=O) groups is 2. The van der Waals surface area contributed by atoms with Crippen LogP contribution in [-0.2, 0) is 11.2 Å². The van der Waals surface area contributed by atoms with Gasteiger partial charge in [-0.3, -0.25) is 4.79 Å². The molecular formula is C21H21F2N3O4. The fraction of sp³-hybridized carbons (Fsp3) is 0.286. The Morgan fingerprint density at radius 1 is 1.17 bits per heavy atom. The van der Waals surface area contributed by atoms with Crippen molar-refractivity contribution in [2.75, 3.05) is 7.11 Å². The highest BCUT2D eigenvalue weighted by Crippen LogP contribution is 2.29. The molecule has 9 heteroatoms. The third kappa shape index (κ3) is 4.73. The Bertz CT molecular complexity index is 953. The first-order valence-electron chi connectivity index (χ1n) is 9.20. The van der Waals surface area contributed by atoms with E-state index in [9.17, 15) is 18.4 Å². The first kappa shape index (κ1) is 21.2. The molecule has 3 rings (SSSR count). The lowest BCUT2D eigenvalue weighted by molar-refractivity contribution is -0.130. The lowest BCUT2D eigenvalue weighted by atomic mass is 9.93. The predicted octanol–water partition coefficient (Wildman–Crippen LogP) is 3.57. The molecule has 30 heavy (non-hydrogen) atoms. The average Bonchev–Trinajstić information content (AvgIpc) is 2.94. The largest absolute Gasteiger partial charge is 0.493 e. The Morgan fingerprint density at radius 2 is 1.90 bits per heavy atom. The number of carbonyl (C=O) groups excluding carboxylic acids is 2. The van der Waals surface area contributed by atoms with Crippen LogP contribution < -0.4 is 14.8 Å². The van der Waals surface area contributed by atoms with Crippen molar-refractivity contribution in [1.82, 2.24) is 10.3 Å². The van der Waals surface area contributed by atoms with E-state index in [1.165, 1.54) is 31.5 Å². The van der Waals surface area contributed by atoms with Crippen molar-refractivity contribution in [3.8, 4) is 11.5 Å². The minimum Gasteiger partial charge on any atom is -0.493 e. The minimum atomic E-state index is -2.99. The van der Waals surface area contributed by atoms with Gasteiger partial charge in [0.15, 0.2) is 11.5 Å². The van der Waals surface area contributed by atoms with Crippen LogP contribution in [0.5, 0.6) is 11.5 Å². The zero-order chi connectivity index (χ0) is 21.7. The summed E-state index contributed by atoms with van der Waals surface area (Å²) in [5.74, 6) is -0.526. The molecule has 2 aromatic carbocycles. The van der Waals surface area contributed by atoms with Crippen LogP contribution in [-0.4, -0.2) is 42.4 Å². The number of nitrogens with one attached hydrogen (secondary N) is 1. The molecule has 1 aliphatic rings. The van der Waals surface area contributed by atoms with Crippen molar-refractivity contribution in [3.05, 3.63) is 59.7 Å². The number of nitrogens with zero attached hydrogens (tertiary/aromatic N) is 2. The number of rotatable bonds is 8. The number of aryl methyl sites for hydroxylation is 1. The van der Waals surface area contributed by atoms with Gasteiger partial charge in [0.1, 0.15) is 5.54 Å². The summed E-state index contributed by atoms with van der Waals surface area (Å²) in [6, 6.07) is 13.2. The van der Waals surface area contributed by atoms with E-state index in [0.717, 1.165) is 10.6 Å². The van der Waals surface area contributed by atoms with E-state index in [4.69, 9.17) is 4.74 Å². The molecule has 1 heterocycles. The summed E-state index contributed by atoms with van der Waals surface area (Å²) in [6.07, 6.45) is 2.31. The fourth-order valence-corrected chi connectivity index (χ4v) is 3.06. The summed E-state index contributed by atoms with van der Waals surface area (Å²) in [5, 5.41) is 7.42. The fourth-order valence-electron chi connectivity index (χ4n) is 3.06. The van der Waals surface area contributed by atoms with Gasteiger partial charge in [0.25, 0.3) is 5.91 Å². The molecule has 0 radical (unpaired) electrons. The van der Waals surface area contributed by atoms with Crippen LogP contribution in [0.15, 0.2) is 53.6 Å². The quantitative estimate of drug-likeness (QED) is 0.526. The first-order chi connectivity index (χ1) is 14.3. The van der Waals surface area contributed by atoms with Crippen LogP contribution >= 0.6 is 0 Å². The van der Waals surface area contributed by atoms with Gasteiger partial charge in [0, 0.05) is 0 Å². The lowest BCUT2D eigenvalue weighted by Crippen LogP contribution is -2.44. The molecule has 0 bridgehead atoms. The molecule has 7 nitrogen and oxygen atoms in total. The maximum Gasteiger partial charge on any atom is 0.387 e. The van der Waals surface area contributed by atoms with E-state index in [1.54, 1.807) is 6.92 Å². The van der Waals surface area contributed by atoms with Gasteiger partial charge in [-0.05, 0) is 49.1 Å². The zero-order valence-electron chi connectivity index (χ0n) is 16.5. The number of halogens is 2. The molecule has 0 aliphatic carbocycles. The third-order valence-corrected chi connectivity index (χ3v) is 4.72. The standard InChI is InChI=1S/C21H21F2N3O4/c1-21(11-10-14-6-4-3-5-7-14)18(27)26(20(28)25-21)24-13-15-8-9-16(30-19(22)23)17(12-15)29-2/h3-9,12-13,19H,10-11H2,1-2H3,(H,25,28)/b24-13-/t21-/m0/s1. The minimum absolute atomic E-state index is 0.0733. The number of imide groups is 1. The van der Waals surface area contributed by atoms with Gasteiger partial charge in [-0.1, -0.05) is 30.3 Å². The third-order valence-electron chi connectivity index (χ3n) is 4.72. The van der Waals surface area contributed by atoms with Crippen LogP contribution in [0.3, 0.4) is 0 Å². The van der Waals surface area contributed by atoms with Crippen molar-refractivity contribution in [2.45, 2.75) is 31.9 Å². The van der Waals surface area contributed by atoms with Crippen molar-refractivity contribution in [3.63, 3.8) is 0 Å². The highest BCUT2D eigenvalue weighted by atomic mass is 19.3. The number of urea groups is 1. The maximum absolute atomic E-state index is 12.8. The van der Waals surface area contributed by atoms with Crippen molar-refractivity contribution in [2.24, 2.45) is 5.10 Å². The zero-order valence-corrected chi connectivity index (χ0v) is 16.5. The van der Waals surface area contributed by atoms with Crippen molar-refractivity contribution in [1.29, 1.82) is 0 Å². The Hall–Kier alpha value is -3.49. The van der Waals surface area contributed by atoms with Crippen LogP contribution in [0, 0.1) is 0 Å². The molecule has 1 aliphatic heterocycles. The monoisotopic (exact) mass is 417 g/mol. The van der Waals surface area contributed by atoms with Gasteiger partial charge in [0.05, 0.1) is 13.3 Å². The molecular weight excluding hydrogens is 396 g/mol. The first-order valence-corrected chi connectivity index (χ1v) is 9.20. The van der Waals surface area contributed by atoms with E-state index in [-0.39, 0.29) is 11.5 Å². The van der Waals surface area contributed by atoms with E-state index < -0.39 is 24.1 Å². The number of ether oxygens (including phenoxy) is 2. The highest BCUT2D eigenvalue weighted by molar-refractivity contribution is 6.07.